The molecule has 0 saturated carbocycles. The maximum atomic E-state index is 13.0. The summed E-state index contributed by atoms with van der Waals surface area (Å²) in [6.07, 6.45) is -3.27. The number of likely N-dealkylation sites (tertiary alicyclic amines) is 1. The molecule has 7 heteroatoms. The van der Waals surface area contributed by atoms with E-state index in [1.54, 1.807) is 29.0 Å². The molecule has 1 unspecified atom stereocenters. The first-order valence-corrected chi connectivity index (χ1v) is 7.33. The predicted molar refractivity (Wildman–Crippen MR) is 77.6 cm³/mol. The summed E-state index contributed by atoms with van der Waals surface area (Å²) in [5.41, 5.74) is -2.02. The molecule has 123 valence electrons. The van der Waals surface area contributed by atoms with E-state index in [4.69, 9.17) is 0 Å². The summed E-state index contributed by atoms with van der Waals surface area (Å²) in [5.74, 6) is -0.436. The number of aliphatic hydroxyl groups is 1. The van der Waals surface area contributed by atoms with Crippen molar-refractivity contribution in [2.45, 2.75) is 31.2 Å². The average Bonchev–Trinajstić information content (AvgIpc) is 2.89. The van der Waals surface area contributed by atoms with Crippen LogP contribution < -0.4 is 0 Å². The van der Waals surface area contributed by atoms with Gasteiger partial charge < -0.3 is 14.6 Å². The molecular weight excluding hydrogens is 309 g/mol. The zero-order valence-electron chi connectivity index (χ0n) is 12.3. The lowest BCUT2D eigenvalue weighted by molar-refractivity contribution is -0.272. The van der Waals surface area contributed by atoms with Gasteiger partial charge in [-0.2, -0.15) is 13.2 Å². The molecule has 0 spiro atoms. The molecule has 1 radical (unpaired) electrons. The van der Waals surface area contributed by atoms with Crippen molar-refractivity contribution in [1.82, 2.24) is 9.47 Å². The Morgan fingerprint density at radius 2 is 2.17 bits per heavy atom. The van der Waals surface area contributed by atoms with Gasteiger partial charge in [0.15, 0.2) is 5.60 Å². The number of carbonyl (C=O) groups excluding carboxylic acids is 1. The number of halogens is 3. The van der Waals surface area contributed by atoms with E-state index in [9.17, 15) is 23.1 Å². The smallest absolute Gasteiger partial charge is 0.379 e. The molecule has 1 aliphatic heterocycles. The van der Waals surface area contributed by atoms with Gasteiger partial charge in [0.05, 0.1) is 6.54 Å². The van der Waals surface area contributed by atoms with Gasteiger partial charge in [-0.25, -0.2) is 0 Å². The number of β-amino-alcohol motifs (C(OH)–C–C–N with tert-alkyl or cyclic N) is 1. The van der Waals surface area contributed by atoms with Crippen LogP contribution in [0.3, 0.4) is 0 Å². The summed E-state index contributed by atoms with van der Waals surface area (Å²) in [6.45, 7) is -0.543. The maximum absolute atomic E-state index is 13.0. The minimum absolute atomic E-state index is 0.0602. The number of hydrogen-bond donors (Lipinski definition) is 1. The van der Waals surface area contributed by atoms with E-state index in [0.717, 1.165) is 15.8 Å². The highest BCUT2D eigenvalue weighted by molar-refractivity contribution is 5.83. The van der Waals surface area contributed by atoms with Gasteiger partial charge in [0.25, 0.3) is 0 Å². The van der Waals surface area contributed by atoms with Crippen LogP contribution in [0.15, 0.2) is 30.5 Å². The predicted octanol–water partition coefficient (Wildman–Crippen LogP) is 2.36. The van der Waals surface area contributed by atoms with Crippen LogP contribution >= 0.6 is 0 Å². The number of carbonyl (C=O) groups is 1. The molecule has 1 aromatic carbocycles. The van der Waals surface area contributed by atoms with Crippen LogP contribution in [0.5, 0.6) is 0 Å². The van der Waals surface area contributed by atoms with Crippen molar-refractivity contribution in [2.75, 3.05) is 13.1 Å². The summed E-state index contributed by atoms with van der Waals surface area (Å²) in [6, 6.07) is 10.2. The van der Waals surface area contributed by atoms with Crippen molar-refractivity contribution < 1.29 is 23.1 Å². The fraction of sp³-hybridized carbons (Fsp3) is 0.438. The molecule has 1 N–H and O–H groups in total. The zero-order valence-corrected chi connectivity index (χ0v) is 12.3. The third-order valence-electron chi connectivity index (χ3n) is 4.25. The first-order chi connectivity index (χ1) is 10.8. The van der Waals surface area contributed by atoms with Crippen molar-refractivity contribution in [3.8, 4) is 0 Å². The van der Waals surface area contributed by atoms with Crippen molar-refractivity contribution >= 4 is 16.8 Å². The first kappa shape index (κ1) is 15.9. The van der Waals surface area contributed by atoms with E-state index < -0.39 is 24.2 Å². The molecule has 1 saturated heterocycles. The molecule has 2 aromatic rings. The Bertz CT molecular complexity index is 725. The van der Waals surface area contributed by atoms with Crippen LogP contribution in [0.25, 0.3) is 10.9 Å². The number of benzene rings is 1. The summed E-state index contributed by atoms with van der Waals surface area (Å²) < 4.78 is 40.5. The van der Waals surface area contributed by atoms with Gasteiger partial charge in [-0.3, -0.25) is 4.79 Å². The number of rotatable bonds is 2. The standard InChI is InChI=1S/C16H16F3N2O2/c17-16(18,19)15(23)7-3-8-21(11-15)14(22)10-20-9-6-12-4-1-2-5-13(12)20/h1-2,5-6,9,23H,3,7-8,10-11H2. The van der Waals surface area contributed by atoms with Gasteiger partial charge in [0, 0.05) is 23.6 Å². The monoisotopic (exact) mass is 325 g/mol. The van der Waals surface area contributed by atoms with Gasteiger partial charge in [0.1, 0.15) is 6.54 Å². The lowest BCUT2D eigenvalue weighted by Crippen LogP contribution is -2.58. The Kier molecular flexibility index (Phi) is 3.83. The number of aromatic nitrogens is 1. The van der Waals surface area contributed by atoms with Crippen molar-refractivity contribution in [3.63, 3.8) is 0 Å². The number of nitrogens with zero attached hydrogens (tertiary/aromatic N) is 2. The highest BCUT2D eigenvalue weighted by atomic mass is 19.4. The largest absolute Gasteiger partial charge is 0.418 e. The second-order valence-electron chi connectivity index (χ2n) is 5.86. The lowest BCUT2D eigenvalue weighted by Gasteiger charge is -2.40. The molecule has 4 nitrogen and oxygen atoms in total. The van der Waals surface area contributed by atoms with Crippen LogP contribution in [0, 0.1) is 6.07 Å². The van der Waals surface area contributed by atoms with Gasteiger partial charge >= 0.3 is 6.18 Å². The minimum Gasteiger partial charge on any atom is -0.379 e. The molecule has 23 heavy (non-hydrogen) atoms. The number of hydrogen-bond acceptors (Lipinski definition) is 2. The second-order valence-corrected chi connectivity index (χ2v) is 5.86. The molecule has 2 heterocycles. The minimum atomic E-state index is -4.74. The molecule has 0 aliphatic carbocycles. The van der Waals surface area contributed by atoms with E-state index in [2.05, 4.69) is 6.07 Å². The molecule has 1 atom stereocenters. The molecule has 1 amide bonds. The van der Waals surface area contributed by atoms with E-state index in [1.165, 1.54) is 0 Å². The van der Waals surface area contributed by atoms with Crippen LogP contribution in [0.4, 0.5) is 13.2 Å². The van der Waals surface area contributed by atoms with Crippen molar-refractivity contribution in [1.29, 1.82) is 0 Å². The van der Waals surface area contributed by atoms with E-state index in [-0.39, 0.29) is 25.9 Å². The van der Waals surface area contributed by atoms with Crippen LogP contribution in [0.2, 0.25) is 0 Å². The molecule has 1 fully saturated rings. The third kappa shape index (κ3) is 2.93. The van der Waals surface area contributed by atoms with E-state index >= 15 is 0 Å². The fourth-order valence-electron chi connectivity index (χ4n) is 2.93. The summed E-state index contributed by atoms with van der Waals surface area (Å²) in [7, 11) is 0. The van der Waals surface area contributed by atoms with Crippen LogP contribution in [-0.2, 0) is 11.3 Å². The number of amides is 1. The lowest BCUT2D eigenvalue weighted by atomic mass is 9.92. The normalized spacial score (nSPS) is 22.5. The SMILES string of the molecule is O=C(Cn1ccc2[c]cccc21)N1CCCC(O)(C(F)(F)F)C1. The Morgan fingerprint density at radius 1 is 1.39 bits per heavy atom. The fourth-order valence-corrected chi connectivity index (χ4v) is 2.93. The Hall–Kier alpha value is -2.02. The zero-order chi connectivity index (χ0) is 16.7. The van der Waals surface area contributed by atoms with E-state index in [1.807, 2.05) is 6.07 Å². The van der Waals surface area contributed by atoms with Gasteiger partial charge in [-0.15, -0.1) is 0 Å². The van der Waals surface area contributed by atoms with Crippen molar-refractivity contribution in [2.24, 2.45) is 0 Å². The molecular formula is C16H16F3N2O2. The van der Waals surface area contributed by atoms with Gasteiger partial charge in [-0.05, 0) is 31.0 Å². The van der Waals surface area contributed by atoms with E-state index in [0.29, 0.717) is 0 Å². The molecule has 1 aliphatic rings. The molecule has 1 aromatic heterocycles. The topological polar surface area (TPSA) is 45.5 Å². The van der Waals surface area contributed by atoms with Gasteiger partial charge in [-0.1, -0.05) is 12.1 Å². The number of alkyl halides is 3. The first-order valence-electron chi connectivity index (χ1n) is 7.33. The molecule has 0 bridgehead atoms. The summed E-state index contributed by atoms with van der Waals surface area (Å²) in [4.78, 5) is 13.4. The maximum Gasteiger partial charge on any atom is 0.418 e. The Morgan fingerprint density at radius 3 is 2.91 bits per heavy atom. The third-order valence-corrected chi connectivity index (χ3v) is 4.25. The molecule has 3 rings (SSSR count). The quantitative estimate of drug-likeness (QED) is 0.921. The number of piperidine rings is 1. The van der Waals surface area contributed by atoms with Crippen molar-refractivity contribution in [3.05, 3.63) is 36.5 Å². The van der Waals surface area contributed by atoms with Crippen LogP contribution in [-0.4, -0.2) is 45.3 Å². The van der Waals surface area contributed by atoms with Gasteiger partial charge in [0.2, 0.25) is 5.91 Å². The second kappa shape index (κ2) is 5.56. The average molecular weight is 325 g/mol. The highest BCUT2D eigenvalue weighted by Gasteiger charge is 2.55. The Labute approximate surface area is 131 Å². The summed E-state index contributed by atoms with van der Waals surface area (Å²) >= 11 is 0. The Balaban J connectivity index is 1.76. The number of fused-ring (bicyclic) bond motifs is 1. The summed E-state index contributed by atoms with van der Waals surface area (Å²) in [5, 5.41) is 10.6. The van der Waals surface area contributed by atoms with Crippen LogP contribution in [0.1, 0.15) is 12.8 Å². The highest BCUT2D eigenvalue weighted by Crippen LogP contribution is 2.37.